The molecule has 21 heavy (non-hydrogen) atoms. The molecule has 0 amide bonds. The minimum atomic E-state index is 0.844. The summed E-state index contributed by atoms with van der Waals surface area (Å²) in [4.78, 5) is 2.65. The van der Waals surface area contributed by atoms with Crippen molar-refractivity contribution in [1.82, 2.24) is 4.57 Å². The van der Waals surface area contributed by atoms with Crippen molar-refractivity contribution < 1.29 is 0 Å². The first-order valence-electron chi connectivity index (χ1n) is 8.69. The molecule has 1 aliphatic heterocycles. The first-order valence-corrected chi connectivity index (χ1v) is 8.69. The molecule has 2 atom stereocenters. The fourth-order valence-electron chi connectivity index (χ4n) is 5.20. The maximum atomic E-state index is 2.65. The molecule has 0 N–H and O–H groups in total. The molecule has 2 aromatic rings. The molecule has 0 spiro atoms. The Balaban J connectivity index is 1.76. The van der Waals surface area contributed by atoms with Crippen molar-refractivity contribution in [1.29, 1.82) is 0 Å². The van der Waals surface area contributed by atoms with Crippen LogP contribution in [0.15, 0.2) is 18.3 Å². The third-order valence-corrected chi connectivity index (χ3v) is 6.18. The maximum absolute atomic E-state index is 2.65. The Morgan fingerprint density at radius 1 is 1.05 bits per heavy atom. The Hall–Kier alpha value is -1.44. The van der Waals surface area contributed by atoms with Crippen LogP contribution >= 0.6 is 0 Å². The van der Waals surface area contributed by atoms with Gasteiger partial charge in [0.25, 0.3) is 0 Å². The molecular weight excluding hydrogens is 256 g/mol. The number of aryl methyl sites for hydroxylation is 1. The van der Waals surface area contributed by atoms with Crippen molar-refractivity contribution >= 4 is 16.6 Å². The quantitative estimate of drug-likeness (QED) is 0.745. The lowest BCUT2D eigenvalue weighted by Gasteiger charge is -2.31. The Labute approximate surface area is 126 Å². The van der Waals surface area contributed by atoms with Gasteiger partial charge >= 0.3 is 0 Å². The number of fused-ring (bicyclic) bond motifs is 7. The van der Waals surface area contributed by atoms with Crippen molar-refractivity contribution in [2.24, 2.45) is 7.05 Å². The zero-order valence-corrected chi connectivity index (χ0v) is 12.9. The lowest BCUT2D eigenvalue weighted by atomic mass is 9.89. The fourth-order valence-corrected chi connectivity index (χ4v) is 5.20. The van der Waals surface area contributed by atoms with Gasteiger partial charge in [0.15, 0.2) is 0 Å². The molecule has 1 aromatic heterocycles. The van der Waals surface area contributed by atoms with E-state index in [1.807, 2.05) is 0 Å². The van der Waals surface area contributed by atoms with Gasteiger partial charge in [0, 0.05) is 37.4 Å². The lowest BCUT2D eigenvalue weighted by Crippen LogP contribution is -2.29. The van der Waals surface area contributed by atoms with Crippen molar-refractivity contribution in [3.8, 4) is 0 Å². The van der Waals surface area contributed by atoms with Crippen LogP contribution in [0.2, 0.25) is 0 Å². The molecule has 2 bridgehead atoms. The SMILES string of the molecule is Cn1ccc2c(N3CCCCC3)cc3c(c21)C1CCC3C1. The summed E-state index contributed by atoms with van der Waals surface area (Å²) in [6.45, 7) is 2.49. The second-order valence-corrected chi connectivity index (χ2v) is 7.34. The van der Waals surface area contributed by atoms with Gasteiger partial charge < -0.3 is 9.47 Å². The third-order valence-electron chi connectivity index (χ3n) is 6.18. The first-order chi connectivity index (χ1) is 10.3. The highest BCUT2D eigenvalue weighted by Crippen LogP contribution is 2.56. The van der Waals surface area contributed by atoms with E-state index in [4.69, 9.17) is 0 Å². The fraction of sp³-hybridized carbons (Fsp3) is 0.579. The largest absolute Gasteiger partial charge is 0.371 e. The highest BCUT2D eigenvalue weighted by molar-refractivity contribution is 5.97. The van der Waals surface area contributed by atoms with Gasteiger partial charge in [0.1, 0.15) is 0 Å². The molecule has 2 unspecified atom stereocenters. The van der Waals surface area contributed by atoms with E-state index >= 15 is 0 Å². The number of hydrogen-bond acceptors (Lipinski definition) is 1. The molecular formula is C19H24N2. The standard InChI is InChI=1S/C19H24N2/c1-20-10-7-15-17(21-8-3-2-4-9-21)12-16-13-5-6-14(11-13)18(16)19(15)20/h7,10,12-14H,2-6,8-9,11H2,1H3. The van der Waals surface area contributed by atoms with Crippen LogP contribution in [-0.2, 0) is 7.05 Å². The van der Waals surface area contributed by atoms with Gasteiger partial charge in [-0.05, 0) is 73.6 Å². The zero-order chi connectivity index (χ0) is 14.0. The predicted octanol–water partition coefficient (Wildman–Crippen LogP) is 4.53. The van der Waals surface area contributed by atoms with Gasteiger partial charge in [0.05, 0.1) is 5.52 Å². The number of nitrogens with zero attached hydrogens (tertiary/aromatic N) is 2. The van der Waals surface area contributed by atoms with E-state index in [0.29, 0.717) is 0 Å². The van der Waals surface area contributed by atoms with Crippen molar-refractivity contribution in [2.75, 3.05) is 18.0 Å². The summed E-state index contributed by atoms with van der Waals surface area (Å²) in [6.07, 6.45) is 10.6. The molecule has 1 saturated heterocycles. The van der Waals surface area contributed by atoms with Crippen molar-refractivity contribution in [3.63, 3.8) is 0 Å². The maximum Gasteiger partial charge on any atom is 0.0536 e. The van der Waals surface area contributed by atoms with Gasteiger partial charge in [-0.1, -0.05) is 0 Å². The lowest BCUT2D eigenvalue weighted by molar-refractivity contribution is 0.578. The summed E-state index contributed by atoms with van der Waals surface area (Å²) < 4.78 is 2.38. The van der Waals surface area contributed by atoms with Crippen LogP contribution in [0.5, 0.6) is 0 Å². The summed E-state index contributed by atoms with van der Waals surface area (Å²) in [7, 11) is 2.23. The smallest absolute Gasteiger partial charge is 0.0536 e. The Morgan fingerprint density at radius 3 is 2.71 bits per heavy atom. The molecule has 3 aliphatic rings. The zero-order valence-electron chi connectivity index (χ0n) is 12.9. The molecule has 5 rings (SSSR count). The summed E-state index contributed by atoms with van der Waals surface area (Å²) in [5.74, 6) is 1.70. The topological polar surface area (TPSA) is 8.17 Å². The highest BCUT2D eigenvalue weighted by Gasteiger charge is 2.39. The molecule has 1 saturated carbocycles. The van der Waals surface area contributed by atoms with Crippen molar-refractivity contribution in [3.05, 3.63) is 29.5 Å². The molecule has 2 fully saturated rings. The molecule has 110 valence electrons. The van der Waals surface area contributed by atoms with Crippen LogP contribution in [0.3, 0.4) is 0 Å². The number of piperidine rings is 1. The van der Waals surface area contributed by atoms with E-state index in [0.717, 1.165) is 11.8 Å². The normalized spacial score (nSPS) is 27.6. The summed E-state index contributed by atoms with van der Waals surface area (Å²) in [6, 6.07) is 4.93. The van der Waals surface area contributed by atoms with E-state index in [2.05, 4.69) is 34.8 Å². The molecule has 2 aliphatic carbocycles. The third kappa shape index (κ3) is 1.59. The molecule has 2 nitrogen and oxygen atoms in total. The summed E-state index contributed by atoms with van der Waals surface area (Å²) in [5, 5.41) is 1.51. The van der Waals surface area contributed by atoms with Crippen LogP contribution in [-0.4, -0.2) is 17.7 Å². The Morgan fingerprint density at radius 2 is 1.86 bits per heavy atom. The summed E-state index contributed by atoms with van der Waals surface area (Å²) >= 11 is 0. The number of hydrogen-bond donors (Lipinski definition) is 0. The first kappa shape index (κ1) is 12.1. The second kappa shape index (κ2) is 4.28. The van der Waals surface area contributed by atoms with E-state index in [1.165, 1.54) is 62.7 Å². The average Bonchev–Trinajstić information content (AvgIpc) is 3.22. The minimum Gasteiger partial charge on any atom is -0.371 e. The van der Waals surface area contributed by atoms with Crippen LogP contribution in [0.25, 0.3) is 10.9 Å². The van der Waals surface area contributed by atoms with Crippen LogP contribution < -0.4 is 4.90 Å². The summed E-state index contributed by atoms with van der Waals surface area (Å²) in [5.41, 5.74) is 6.47. The van der Waals surface area contributed by atoms with Gasteiger partial charge in [0.2, 0.25) is 0 Å². The van der Waals surface area contributed by atoms with Crippen LogP contribution in [0.4, 0.5) is 5.69 Å². The van der Waals surface area contributed by atoms with Crippen LogP contribution in [0, 0.1) is 0 Å². The van der Waals surface area contributed by atoms with E-state index < -0.39 is 0 Å². The molecule has 2 heteroatoms. The predicted molar refractivity (Wildman–Crippen MR) is 88.3 cm³/mol. The highest BCUT2D eigenvalue weighted by atomic mass is 15.1. The minimum absolute atomic E-state index is 0.844. The van der Waals surface area contributed by atoms with Crippen molar-refractivity contribution in [2.45, 2.75) is 50.4 Å². The number of aromatic nitrogens is 1. The Kier molecular flexibility index (Phi) is 2.47. The van der Waals surface area contributed by atoms with Gasteiger partial charge in [-0.15, -0.1) is 0 Å². The number of benzene rings is 1. The monoisotopic (exact) mass is 280 g/mol. The van der Waals surface area contributed by atoms with E-state index in [9.17, 15) is 0 Å². The van der Waals surface area contributed by atoms with Crippen LogP contribution in [0.1, 0.15) is 61.5 Å². The molecule has 0 radical (unpaired) electrons. The second-order valence-electron chi connectivity index (χ2n) is 7.34. The van der Waals surface area contributed by atoms with E-state index in [-0.39, 0.29) is 0 Å². The van der Waals surface area contributed by atoms with E-state index in [1.54, 1.807) is 16.6 Å². The van der Waals surface area contributed by atoms with Gasteiger partial charge in [-0.25, -0.2) is 0 Å². The number of rotatable bonds is 1. The van der Waals surface area contributed by atoms with Gasteiger partial charge in [-0.2, -0.15) is 0 Å². The molecule has 2 heterocycles. The Bertz CT molecular complexity index is 706. The molecule has 1 aromatic carbocycles. The average molecular weight is 280 g/mol. The van der Waals surface area contributed by atoms with Gasteiger partial charge in [-0.3, -0.25) is 0 Å². The number of anilines is 1.